The molecular weight excluding hydrogens is 598 g/mol. The number of likely N-dealkylation sites (tertiary alicyclic amines) is 1. The number of carbonyl (C=O) groups excluding carboxylic acids is 4. The summed E-state index contributed by atoms with van der Waals surface area (Å²) in [5.74, 6) is -3.54. The second-order valence-electron chi connectivity index (χ2n) is 12.7. The van der Waals surface area contributed by atoms with Gasteiger partial charge in [0.1, 0.15) is 18.2 Å². The van der Waals surface area contributed by atoms with Gasteiger partial charge >= 0.3 is 5.97 Å². The number of carbonyl (C=O) groups is 4. The number of hydrogen-bond acceptors (Lipinski definition) is 7. The van der Waals surface area contributed by atoms with E-state index in [1.807, 2.05) is 72.8 Å². The maximum absolute atomic E-state index is 14.9. The molecule has 248 valence electrons. The fourth-order valence-electron chi connectivity index (χ4n) is 7.54. The van der Waals surface area contributed by atoms with Gasteiger partial charge in [-0.1, -0.05) is 105 Å². The van der Waals surface area contributed by atoms with E-state index in [4.69, 9.17) is 9.47 Å². The number of aliphatic hydroxyl groups excluding tert-OH is 1. The molecule has 0 saturated carbocycles. The van der Waals surface area contributed by atoms with Crippen LogP contribution in [-0.4, -0.2) is 82.6 Å². The zero-order valence-electron chi connectivity index (χ0n) is 26.7. The molecule has 1 spiro atoms. The molecule has 4 aliphatic heterocycles. The molecule has 4 aliphatic rings. The summed E-state index contributed by atoms with van der Waals surface area (Å²) >= 11 is 0. The Morgan fingerprint density at radius 2 is 1.72 bits per heavy atom. The van der Waals surface area contributed by atoms with Crippen LogP contribution in [0.25, 0.3) is 0 Å². The second kappa shape index (κ2) is 14.2. The predicted octanol–water partition coefficient (Wildman–Crippen LogP) is 3.64. The highest BCUT2D eigenvalue weighted by molar-refractivity contribution is 6.00. The number of nitrogens with zero attached hydrogens (tertiary/aromatic N) is 2. The van der Waals surface area contributed by atoms with Crippen LogP contribution in [0.2, 0.25) is 0 Å². The zero-order chi connectivity index (χ0) is 33.0. The van der Waals surface area contributed by atoms with E-state index in [-0.39, 0.29) is 24.9 Å². The Bertz CT molecular complexity index is 1510. The zero-order valence-corrected chi connectivity index (χ0v) is 26.7. The first-order chi connectivity index (χ1) is 22.9. The first-order valence-electron chi connectivity index (χ1n) is 16.7. The minimum atomic E-state index is -1.46. The van der Waals surface area contributed by atoms with Gasteiger partial charge in [0, 0.05) is 19.5 Å². The Morgan fingerprint density at radius 3 is 2.45 bits per heavy atom. The van der Waals surface area contributed by atoms with Gasteiger partial charge in [-0.25, -0.2) is 0 Å². The van der Waals surface area contributed by atoms with Crippen LogP contribution in [0.3, 0.4) is 0 Å². The fourth-order valence-corrected chi connectivity index (χ4v) is 7.54. The van der Waals surface area contributed by atoms with E-state index in [1.165, 1.54) is 4.90 Å². The molecule has 2 saturated heterocycles. The topological polar surface area (TPSA) is 125 Å². The van der Waals surface area contributed by atoms with Crippen molar-refractivity contribution in [2.75, 3.05) is 26.3 Å². The van der Waals surface area contributed by atoms with Gasteiger partial charge in [-0.3, -0.25) is 19.2 Å². The van der Waals surface area contributed by atoms with Crippen molar-refractivity contribution < 1.29 is 33.8 Å². The number of esters is 1. The van der Waals surface area contributed by atoms with Gasteiger partial charge in [-0.05, 0) is 24.0 Å². The number of fused-ring (bicyclic) bond motifs is 2. The molecule has 0 aliphatic carbocycles. The molecule has 3 amide bonds. The van der Waals surface area contributed by atoms with E-state index in [9.17, 15) is 24.3 Å². The number of cyclic esters (lactones) is 1. The minimum Gasteiger partial charge on any atom is -0.463 e. The third-order valence-electron chi connectivity index (χ3n) is 9.81. The maximum atomic E-state index is 14.9. The number of rotatable bonds is 8. The predicted molar refractivity (Wildman–Crippen MR) is 173 cm³/mol. The van der Waals surface area contributed by atoms with Crippen LogP contribution in [0.5, 0.6) is 0 Å². The van der Waals surface area contributed by atoms with Crippen LogP contribution in [0, 0.1) is 11.8 Å². The standard InChI is InChI=1S/C37H43N3O7/c1-2-3-12-21-39-22-13-20-37-32(35(44)40(33(37)36(39)45)28(23-41)26-16-8-5-9-17-26)31-29(47-37)18-10-11-19-30(42)46-24-27(38-34(31)43)25-14-6-4-7-15-25/h4-10,13-18,20,27-29,31-33,41H,2-3,11-12,19,21-24H2,1H3,(H,38,43)/b18-10-/t27-,28-,29+,31-,32-,33+,37-/m1/s1. The first-order valence-corrected chi connectivity index (χ1v) is 16.7. The van der Waals surface area contributed by atoms with E-state index >= 15 is 0 Å². The van der Waals surface area contributed by atoms with Gasteiger partial charge in [-0.15, -0.1) is 0 Å². The largest absolute Gasteiger partial charge is 0.463 e. The Balaban J connectivity index is 1.45. The van der Waals surface area contributed by atoms with Gasteiger partial charge in [0.15, 0.2) is 0 Å². The minimum absolute atomic E-state index is 0.0687. The molecule has 0 unspecified atom stereocenters. The lowest BCUT2D eigenvalue weighted by atomic mass is 9.77. The van der Waals surface area contributed by atoms with Crippen molar-refractivity contribution in [1.29, 1.82) is 0 Å². The number of amides is 3. The SMILES string of the molecule is CCCCCN1CC=C[C@@]23O[C@H]4/C=C\CCC(=O)OC[C@H](c5ccccc5)NC(=O)[C@H]4[C@@H]2C(=O)N([C@H](CO)c2ccccc2)[C@H]3C1=O. The molecule has 2 N–H and O–H groups in total. The lowest BCUT2D eigenvalue weighted by Gasteiger charge is -2.38. The van der Waals surface area contributed by atoms with Gasteiger partial charge in [0.25, 0.3) is 0 Å². The van der Waals surface area contributed by atoms with Crippen molar-refractivity contribution in [3.63, 3.8) is 0 Å². The summed E-state index contributed by atoms with van der Waals surface area (Å²) in [5, 5.41) is 13.8. The number of nitrogens with one attached hydrogen (secondary N) is 1. The fraction of sp³-hybridized carbons (Fsp3) is 0.459. The molecule has 2 fully saturated rings. The average molecular weight is 642 g/mol. The monoisotopic (exact) mass is 641 g/mol. The molecule has 2 aromatic rings. The van der Waals surface area contributed by atoms with Crippen molar-refractivity contribution in [2.45, 2.75) is 68.9 Å². The Morgan fingerprint density at radius 1 is 0.979 bits per heavy atom. The van der Waals surface area contributed by atoms with Gasteiger partial charge < -0.3 is 29.7 Å². The lowest BCUT2D eigenvalue weighted by molar-refractivity contribution is -0.151. The van der Waals surface area contributed by atoms with E-state index in [1.54, 1.807) is 17.1 Å². The molecule has 4 heterocycles. The van der Waals surface area contributed by atoms with Crippen molar-refractivity contribution in [3.05, 3.63) is 96.1 Å². The summed E-state index contributed by atoms with van der Waals surface area (Å²) in [6.07, 6.45) is 9.63. The van der Waals surface area contributed by atoms with Crippen molar-refractivity contribution >= 4 is 23.7 Å². The van der Waals surface area contributed by atoms with E-state index < -0.39 is 60.1 Å². The van der Waals surface area contributed by atoms with Crippen molar-refractivity contribution in [3.8, 4) is 0 Å². The smallest absolute Gasteiger partial charge is 0.306 e. The number of benzene rings is 2. The quantitative estimate of drug-likeness (QED) is 0.256. The van der Waals surface area contributed by atoms with Crippen molar-refractivity contribution in [1.82, 2.24) is 15.1 Å². The lowest BCUT2D eigenvalue weighted by Crippen LogP contribution is -2.56. The Hall–Kier alpha value is -4.28. The van der Waals surface area contributed by atoms with Crippen LogP contribution in [0.4, 0.5) is 0 Å². The molecular formula is C37H43N3O7. The number of aliphatic hydroxyl groups is 1. The molecule has 47 heavy (non-hydrogen) atoms. The van der Waals surface area contributed by atoms with Crippen LogP contribution in [-0.2, 0) is 28.7 Å². The summed E-state index contributed by atoms with van der Waals surface area (Å²) in [6.45, 7) is 2.49. The van der Waals surface area contributed by atoms with E-state index in [0.717, 1.165) is 24.8 Å². The normalized spacial score (nSPS) is 30.6. The Labute approximate surface area is 275 Å². The van der Waals surface area contributed by atoms with Crippen molar-refractivity contribution in [2.24, 2.45) is 11.8 Å². The first kappa shape index (κ1) is 32.7. The highest BCUT2D eigenvalue weighted by Crippen LogP contribution is 2.54. The number of unbranched alkanes of at least 4 members (excludes halogenated alkanes) is 2. The molecule has 2 aromatic carbocycles. The molecule has 10 heteroatoms. The maximum Gasteiger partial charge on any atom is 0.306 e. The highest BCUT2D eigenvalue weighted by atomic mass is 16.5. The van der Waals surface area contributed by atoms with E-state index in [0.29, 0.717) is 25.1 Å². The van der Waals surface area contributed by atoms with Crippen LogP contribution >= 0.6 is 0 Å². The Kier molecular flexibility index (Phi) is 9.89. The van der Waals surface area contributed by atoms with Crippen LogP contribution in [0.1, 0.15) is 62.2 Å². The average Bonchev–Trinajstić information content (AvgIpc) is 3.48. The van der Waals surface area contributed by atoms with E-state index in [2.05, 4.69) is 12.2 Å². The second-order valence-corrected chi connectivity index (χ2v) is 12.7. The van der Waals surface area contributed by atoms with Gasteiger partial charge in [-0.2, -0.15) is 0 Å². The number of hydrogen-bond donors (Lipinski definition) is 2. The number of allylic oxidation sites excluding steroid dienone is 1. The van der Waals surface area contributed by atoms with Crippen LogP contribution in [0.15, 0.2) is 85.0 Å². The van der Waals surface area contributed by atoms with Gasteiger partial charge in [0.2, 0.25) is 17.7 Å². The molecule has 0 radical (unpaired) electrons. The summed E-state index contributed by atoms with van der Waals surface area (Å²) in [6, 6.07) is 15.8. The summed E-state index contributed by atoms with van der Waals surface area (Å²) in [4.78, 5) is 59.7. The van der Waals surface area contributed by atoms with Crippen LogP contribution < -0.4 is 5.32 Å². The third kappa shape index (κ3) is 6.24. The molecule has 0 aromatic heterocycles. The van der Waals surface area contributed by atoms with Gasteiger partial charge in [0.05, 0.1) is 36.6 Å². The number of ether oxygens (including phenoxy) is 2. The molecule has 0 bridgehead atoms. The third-order valence-corrected chi connectivity index (χ3v) is 9.81. The molecule has 10 nitrogen and oxygen atoms in total. The molecule has 7 atom stereocenters. The summed E-state index contributed by atoms with van der Waals surface area (Å²) in [7, 11) is 0. The summed E-state index contributed by atoms with van der Waals surface area (Å²) < 4.78 is 12.4. The highest BCUT2D eigenvalue weighted by Gasteiger charge is 2.72. The molecule has 6 rings (SSSR count). The summed E-state index contributed by atoms with van der Waals surface area (Å²) in [5.41, 5.74) is -0.0234.